The standard InChI is InChI=1S/C11H13N7O2S/c1-5-6(2)15-11(16-7(5)3)21-10-8(18(19)20)9(17-12)13-4-14-10/h4H,12H2,1-3H3,(H,13,14,17). The molecule has 0 fully saturated rings. The Balaban J connectivity index is 2.47. The Bertz CT molecular complexity index is 684. The fourth-order valence-corrected chi connectivity index (χ4v) is 2.49. The highest BCUT2D eigenvalue weighted by molar-refractivity contribution is 7.99. The van der Waals surface area contributed by atoms with Crippen LogP contribution in [0.2, 0.25) is 0 Å². The van der Waals surface area contributed by atoms with Crippen LogP contribution in [-0.4, -0.2) is 24.9 Å². The molecule has 0 spiro atoms. The fraction of sp³-hybridized carbons (Fsp3) is 0.273. The Kier molecular flexibility index (Phi) is 4.29. The summed E-state index contributed by atoms with van der Waals surface area (Å²) in [5, 5.41) is 11.7. The van der Waals surface area contributed by atoms with Gasteiger partial charge in [-0.25, -0.2) is 25.8 Å². The van der Waals surface area contributed by atoms with Gasteiger partial charge < -0.3 is 5.43 Å². The number of nitrogen functional groups attached to an aromatic ring is 1. The molecule has 10 heteroatoms. The van der Waals surface area contributed by atoms with Crippen LogP contribution in [0.5, 0.6) is 0 Å². The van der Waals surface area contributed by atoms with Crippen molar-refractivity contribution in [2.24, 2.45) is 5.84 Å². The molecule has 0 atom stereocenters. The van der Waals surface area contributed by atoms with E-state index in [4.69, 9.17) is 5.84 Å². The maximum Gasteiger partial charge on any atom is 0.345 e. The van der Waals surface area contributed by atoms with Crippen LogP contribution in [-0.2, 0) is 0 Å². The SMILES string of the molecule is Cc1nc(Sc2ncnc(NN)c2[N+](=O)[O-])nc(C)c1C. The molecular formula is C11H13N7O2S. The molecule has 0 unspecified atom stereocenters. The van der Waals surface area contributed by atoms with Crippen LogP contribution >= 0.6 is 11.8 Å². The van der Waals surface area contributed by atoms with Gasteiger partial charge >= 0.3 is 5.69 Å². The van der Waals surface area contributed by atoms with Gasteiger partial charge in [0.05, 0.1) is 4.92 Å². The van der Waals surface area contributed by atoms with Crippen LogP contribution in [0.25, 0.3) is 0 Å². The van der Waals surface area contributed by atoms with Crippen molar-refractivity contribution >= 4 is 23.3 Å². The zero-order valence-electron chi connectivity index (χ0n) is 11.6. The van der Waals surface area contributed by atoms with Gasteiger partial charge in [0.2, 0.25) is 5.82 Å². The molecule has 2 heterocycles. The third-order valence-corrected chi connectivity index (χ3v) is 3.77. The van der Waals surface area contributed by atoms with Crippen LogP contribution in [0.4, 0.5) is 11.5 Å². The highest BCUT2D eigenvalue weighted by Gasteiger charge is 2.24. The molecule has 0 aliphatic heterocycles. The van der Waals surface area contributed by atoms with E-state index < -0.39 is 4.92 Å². The second-order valence-corrected chi connectivity index (χ2v) is 5.14. The van der Waals surface area contributed by atoms with Crippen molar-refractivity contribution in [3.05, 3.63) is 33.4 Å². The van der Waals surface area contributed by atoms with E-state index in [1.807, 2.05) is 20.8 Å². The van der Waals surface area contributed by atoms with Gasteiger partial charge in [-0.3, -0.25) is 10.1 Å². The van der Waals surface area contributed by atoms with Crippen molar-refractivity contribution in [1.29, 1.82) is 0 Å². The number of aryl methyl sites for hydroxylation is 2. The summed E-state index contributed by atoms with van der Waals surface area (Å²) in [4.78, 5) is 26.8. The third kappa shape index (κ3) is 3.06. The Morgan fingerprint density at radius 3 is 2.38 bits per heavy atom. The normalized spacial score (nSPS) is 10.5. The van der Waals surface area contributed by atoms with Gasteiger partial charge in [-0.2, -0.15) is 0 Å². The van der Waals surface area contributed by atoms with E-state index >= 15 is 0 Å². The number of aromatic nitrogens is 4. The van der Waals surface area contributed by atoms with Crippen LogP contribution < -0.4 is 11.3 Å². The van der Waals surface area contributed by atoms with Gasteiger partial charge in [-0.1, -0.05) is 0 Å². The van der Waals surface area contributed by atoms with Gasteiger partial charge in [0.15, 0.2) is 10.2 Å². The summed E-state index contributed by atoms with van der Waals surface area (Å²) in [5.41, 5.74) is 4.51. The van der Waals surface area contributed by atoms with Gasteiger partial charge in [0, 0.05) is 11.4 Å². The van der Waals surface area contributed by atoms with Crippen molar-refractivity contribution in [3.8, 4) is 0 Å². The van der Waals surface area contributed by atoms with Crippen LogP contribution in [0.1, 0.15) is 17.0 Å². The lowest BCUT2D eigenvalue weighted by Gasteiger charge is -2.07. The van der Waals surface area contributed by atoms with E-state index in [0.29, 0.717) is 5.16 Å². The number of nitrogens with zero attached hydrogens (tertiary/aromatic N) is 5. The molecule has 21 heavy (non-hydrogen) atoms. The van der Waals surface area contributed by atoms with Gasteiger partial charge in [0.1, 0.15) is 6.33 Å². The Labute approximate surface area is 124 Å². The first kappa shape index (κ1) is 15.1. The fourth-order valence-electron chi connectivity index (χ4n) is 1.58. The van der Waals surface area contributed by atoms with E-state index in [-0.39, 0.29) is 16.5 Å². The van der Waals surface area contributed by atoms with Crippen LogP contribution in [0, 0.1) is 30.9 Å². The number of hydrogen-bond donors (Lipinski definition) is 2. The molecule has 0 amide bonds. The second-order valence-electron chi connectivity index (χ2n) is 4.18. The number of nitro groups is 1. The topological polar surface area (TPSA) is 133 Å². The highest BCUT2D eigenvalue weighted by atomic mass is 32.2. The maximum atomic E-state index is 11.2. The summed E-state index contributed by atoms with van der Waals surface area (Å²) in [7, 11) is 0. The number of hydrogen-bond acceptors (Lipinski definition) is 9. The first-order valence-electron chi connectivity index (χ1n) is 5.89. The number of anilines is 1. The molecule has 0 radical (unpaired) electrons. The molecule has 2 aromatic rings. The lowest BCUT2D eigenvalue weighted by Crippen LogP contribution is -2.12. The Hall–Kier alpha value is -2.33. The molecule has 0 aliphatic rings. The summed E-state index contributed by atoms with van der Waals surface area (Å²) in [6, 6.07) is 0. The summed E-state index contributed by atoms with van der Waals surface area (Å²) in [5.74, 6) is 5.18. The lowest BCUT2D eigenvalue weighted by atomic mass is 10.2. The molecule has 0 aliphatic carbocycles. The zero-order valence-corrected chi connectivity index (χ0v) is 12.4. The number of nitrogens with two attached hydrogens (primary N) is 1. The smallest absolute Gasteiger partial charge is 0.303 e. The minimum atomic E-state index is -0.592. The van der Waals surface area contributed by atoms with Gasteiger partial charge in [0.25, 0.3) is 0 Å². The van der Waals surface area contributed by atoms with E-state index in [1.54, 1.807) is 0 Å². The molecule has 0 saturated carbocycles. The molecule has 0 aromatic carbocycles. The van der Waals surface area contributed by atoms with E-state index in [2.05, 4.69) is 25.4 Å². The van der Waals surface area contributed by atoms with Crippen molar-refractivity contribution in [3.63, 3.8) is 0 Å². The average Bonchev–Trinajstić information content (AvgIpc) is 2.44. The molecule has 110 valence electrons. The summed E-state index contributed by atoms with van der Waals surface area (Å²) < 4.78 is 0. The van der Waals surface area contributed by atoms with Crippen molar-refractivity contribution in [1.82, 2.24) is 19.9 Å². The summed E-state index contributed by atoms with van der Waals surface area (Å²) in [6.07, 6.45) is 1.19. The first-order valence-corrected chi connectivity index (χ1v) is 6.71. The average molecular weight is 307 g/mol. The molecule has 3 N–H and O–H groups in total. The summed E-state index contributed by atoms with van der Waals surface area (Å²) >= 11 is 0.999. The lowest BCUT2D eigenvalue weighted by molar-refractivity contribution is -0.387. The van der Waals surface area contributed by atoms with Crippen LogP contribution in [0.15, 0.2) is 16.5 Å². The number of hydrazine groups is 1. The Morgan fingerprint density at radius 1 is 1.24 bits per heavy atom. The number of nitrogens with one attached hydrogen (secondary N) is 1. The van der Waals surface area contributed by atoms with Crippen molar-refractivity contribution in [2.75, 3.05) is 5.43 Å². The van der Waals surface area contributed by atoms with Gasteiger partial charge in [-0.05, 0) is 38.1 Å². The zero-order chi connectivity index (χ0) is 15.6. The third-order valence-electron chi connectivity index (χ3n) is 2.91. The Morgan fingerprint density at radius 2 is 1.86 bits per heavy atom. The van der Waals surface area contributed by atoms with Crippen molar-refractivity contribution in [2.45, 2.75) is 31.0 Å². The molecule has 2 rings (SSSR count). The second kappa shape index (κ2) is 5.97. The van der Waals surface area contributed by atoms with E-state index in [1.165, 1.54) is 6.33 Å². The predicted octanol–water partition coefficient (Wildman–Crippen LogP) is 1.54. The largest absolute Gasteiger partial charge is 0.345 e. The monoisotopic (exact) mass is 307 g/mol. The molecule has 2 aromatic heterocycles. The van der Waals surface area contributed by atoms with Gasteiger partial charge in [-0.15, -0.1) is 0 Å². The van der Waals surface area contributed by atoms with E-state index in [9.17, 15) is 10.1 Å². The maximum absolute atomic E-state index is 11.2. The summed E-state index contributed by atoms with van der Waals surface area (Å²) in [6.45, 7) is 5.63. The minimum absolute atomic E-state index is 0.0574. The molecule has 0 bridgehead atoms. The first-order chi connectivity index (χ1) is 9.93. The quantitative estimate of drug-likeness (QED) is 0.283. The minimum Gasteiger partial charge on any atom is -0.303 e. The molecular weight excluding hydrogens is 294 g/mol. The molecule has 0 saturated heterocycles. The highest BCUT2D eigenvalue weighted by Crippen LogP contribution is 2.34. The number of rotatable bonds is 4. The van der Waals surface area contributed by atoms with Crippen LogP contribution in [0.3, 0.4) is 0 Å². The van der Waals surface area contributed by atoms with E-state index in [0.717, 1.165) is 28.7 Å². The molecule has 9 nitrogen and oxygen atoms in total. The van der Waals surface area contributed by atoms with Crippen molar-refractivity contribution < 1.29 is 4.92 Å². The predicted molar refractivity (Wildman–Crippen MR) is 76.9 cm³/mol.